The molecule has 1 saturated heterocycles. The summed E-state index contributed by atoms with van der Waals surface area (Å²) in [7, 11) is 0. The van der Waals surface area contributed by atoms with E-state index < -0.39 is 0 Å². The van der Waals surface area contributed by atoms with Crippen molar-refractivity contribution in [2.75, 3.05) is 24.5 Å². The lowest BCUT2D eigenvalue weighted by atomic mass is 9.95. The molecule has 0 unspecified atom stereocenters. The monoisotopic (exact) mass is 264 g/mol. The number of hydrogen-bond donors (Lipinski definition) is 2. The van der Waals surface area contributed by atoms with Gasteiger partial charge in [0.15, 0.2) is 5.82 Å². The summed E-state index contributed by atoms with van der Waals surface area (Å²) in [6.45, 7) is 9.45. The van der Waals surface area contributed by atoms with Crippen LogP contribution in [0, 0.1) is 5.92 Å². The molecule has 0 amide bonds. The van der Waals surface area contributed by atoms with E-state index in [0.717, 1.165) is 32.5 Å². The number of nitrogens with one attached hydrogen (secondary N) is 2. The Morgan fingerprint density at radius 3 is 2.68 bits per heavy atom. The van der Waals surface area contributed by atoms with Crippen molar-refractivity contribution < 1.29 is 0 Å². The Bertz CT molecular complexity index is 455. The topological polar surface area (TPSA) is 61.0 Å². The van der Waals surface area contributed by atoms with E-state index in [9.17, 15) is 4.79 Å². The van der Waals surface area contributed by atoms with Gasteiger partial charge in [-0.15, -0.1) is 0 Å². The molecule has 0 bridgehead atoms. The molecule has 1 aliphatic heterocycles. The molecule has 0 aliphatic carbocycles. The van der Waals surface area contributed by atoms with Gasteiger partial charge >= 0.3 is 0 Å². The predicted molar refractivity (Wildman–Crippen MR) is 77.6 cm³/mol. The lowest BCUT2D eigenvalue weighted by Crippen LogP contribution is -2.44. The van der Waals surface area contributed by atoms with E-state index in [1.807, 2.05) is 0 Å². The minimum absolute atomic E-state index is 0.0891. The summed E-state index contributed by atoms with van der Waals surface area (Å²) in [5, 5.41) is 3.56. The van der Waals surface area contributed by atoms with Crippen LogP contribution in [0.1, 0.15) is 33.6 Å². The average Bonchev–Trinajstić information content (AvgIpc) is 2.37. The van der Waals surface area contributed by atoms with Crippen molar-refractivity contribution in [2.24, 2.45) is 5.92 Å². The molecule has 1 aliphatic rings. The Morgan fingerprint density at radius 2 is 2.11 bits per heavy atom. The summed E-state index contributed by atoms with van der Waals surface area (Å²) in [6.07, 6.45) is 5.44. The zero-order chi connectivity index (χ0) is 13.9. The summed E-state index contributed by atoms with van der Waals surface area (Å²) in [5.41, 5.74) is 0.0868. The van der Waals surface area contributed by atoms with Crippen molar-refractivity contribution in [1.82, 2.24) is 15.3 Å². The van der Waals surface area contributed by atoms with E-state index in [1.165, 1.54) is 0 Å². The first-order chi connectivity index (χ1) is 8.96. The van der Waals surface area contributed by atoms with Crippen LogP contribution in [-0.2, 0) is 0 Å². The van der Waals surface area contributed by atoms with Crippen LogP contribution in [0.4, 0.5) is 5.82 Å². The van der Waals surface area contributed by atoms with Gasteiger partial charge in [0.1, 0.15) is 0 Å². The molecule has 5 heteroatoms. The third-order valence-electron chi connectivity index (χ3n) is 3.52. The van der Waals surface area contributed by atoms with Gasteiger partial charge in [0, 0.05) is 31.0 Å². The number of rotatable bonds is 3. The van der Waals surface area contributed by atoms with Gasteiger partial charge in [-0.3, -0.25) is 4.79 Å². The number of H-pyrrole nitrogens is 1. The molecule has 1 aromatic heterocycles. The van der Waals surface area contributed by atoms with Crippen LogP contribution in [0.5, 0.6) is 0 Å². The molecule has 0 saturated carbocycles. The molecule has 0 aromatic carbocycles. The van der Waals surface area contributed by atoms with E-state index in [2.05, 4.69) is 41.0 Å². The van der Waals surface area contributed by atoms with E-state index in [-0.39, 0.29) is 11.1 Å². The van der Waals surface area contributed by atoms with Crippen LogP contribution in [-0.4, -0.2) is 35.1 Å². The number of piperidine rings is 1. The van der Waals surface area contributed by atoms with Crippen LogP contribution in [0.2, 0.25) is 0 Å². The fourth-order valence-corrected chi connectivity index (χ4v) is 2.37. The van der Waals surface area contributed by atoms with E-state index >= 15 is 0 Å². The van der Waals surface area contributed by atoms with Crippen molar-refractivity contribution in [3.63, 3.8) is 0 Å². The van der Waals surface area contributed by atoms with Crippen molar-refractivity contribution in [1.29, 1.82) is 0 Å². The molecular formula is C14H24N4O. The highest BCUT2D eigenvalue weighted by Crippen LogP contribution is 2.19. The first-order valence-corrected chi connectivity index (χ1v) is 6.99. The summed E-state index contributed by atoms with van der Waals surface area (Å²) in [5.74, 6) is 1.25. The first-order valence-electron chi connectivity index (χ1n) is 6.99. The molecule has 2 heterocycles. The molecule has 106 valence electrons. The molecule has 5 nitrogen and oxygen atoms in total. The Morgan fingerprint density at radius 1 is 1.42 bits per heavy atom. The second-order valence-corrected chi connectivity index (χ2v) is 6.30. The van der Waals surface area contributed by atoms with E-state index in [1.54, 1.807) is 12.4 Å². The summed E-state index contributed by atoms with van der Waals surface area (Å²) >= 11 is 0. The van der Waals surface area contributed by atoms with Crippen LogP contribution in [0.25, 0.3) is 0 Å². The van der Waals surface area contributed by atoms with Crippen LogP contribution >= 0.6 is 0 Å². The molecule has 1 fully saturated rings. The van der Waals surface area contributed by atoms with Gasteiger partial charge in [-0.05, 0) is 46.1 Å². The largest absolute Gasteiger partial charge is 0.352 e. The SMILES string of the molecule is CC(C)(C)NCC1CCN(c2ncc[nH]c2=O)CC1. The van der Waals surface area contributed by atoms with Crippen LogP contribution < -0.4 is 15.8 Å². The Labute approximate surface area is 114 Å². The maximum absolute atomic E-state index is 11.7. The highest BCUT2D eigenvalue weighted by atomic mass is 16.1. The number of aromatic nitrogens is 2. The molecule has 0 atom stereocenters. The number of nitrogens with zero attached hydrogens (tertiary/aromatic N) is 2. The summed E-state index contributed by atoms with van der Waals surface area (Å²) in [6, 6.07) is 0. The maximum atomic E-state index is 11.7. The van der Waals surface area contributed by atoms with Crippen molar-refractivity contribution in [3.8, 4) is 0 Å². The maximum Gasteiger partial charge on any atom is 0.290 e. The van der Waals surface area contributed by atoms with E-state index in [0.29, 0.717) is 11.7 Å². The quantitative estimate of drug-likeness (QED) is 0.865. The molecule has 1 aromatic rings. The van der Waals surface area contributed by atoms with Gasteiger partial charge < -0.3 is 15.2 Å². The zero-order valence-corrected chi connectivity index (χ0v) is 12.1. The van der Waals surface area contributed by atoms with Gasteiger partial charge in [-0.2, -0.15) is 0 Å². The Hall–Kier alpha value is -1.36. The van der Waals surface area contributed by atoms with Gasteiger partial charge in [0.2, 0.25) is 0 Å². The minimum Gasteiger partial charge on any atom is -0.352 e. The zero-order valence-electron chi connectivity index (χ0n) is 12.1. The van der Waals surface area contributed by atoms with E-state index in [4.69, 9.17) is 0 Å². The number of aromatic amines is 1. The third-order valence-corrected chi connectivity index (χ3v) is 3.52. The normalized spacial score (nSPS) is 17.7. The molecule has 19 heavy (non-hydrogen) atoms. The van der Waals surface area contributed by atoms with Crippen molar-refractivity contribution in [3.05, 3.63) is 22.7 Å². The minimum atomic E-state index is -0.0891. The van der Waals surface area contributed by atoms with Crippen molar-refractivity contribution >= 4 is 5.82 Å². The van der Waals surface area contributed by atoms with Gasteiger partial charge in [0.05, 0.1) is 0 Å². The second kappa shape index (κ2) is 5.74. The number of anilines is 1. The summed E-state index contributed by atoms with van der Waals surface area (Å²) in [4.78, 5) is 20.6. The third kappa shape index (κ3) is 4.06. The first kappa shape index (κ1) is 14.1. The van der Waals surface area contributed by atoms with Gasteiger partial charge in [-0.1, -0.05) is 0 Å². The fourth-order valence-electron chi connectivity index (χ4n) is 2.37. The lowest BCUT2D eigenvalue weighted by Gasteiger charge is -2.33. The Balaban J connectivity index is 1.86. The smallest absolute Gasteiger partial charge is 0.290 e. The molecule has 0 spiro atoms. The van der Waals surface area contributed by atoms with Crippen LogP contribution in [0.3, 0.4) is 0 Å². The lowest BCUT2D eigenvalue weighted by molar-refractivity contribution is 0.328. The average molecular weight is 264 g/mol. The molecular weight excluding hydrogens is 240 g/mol. The predicted octanol–water partition coefficient (Wildman–Crippen LogP) is 1.37. The molecule has 2 N–H and O–H groups in total. The number of hydrogen-bond acceptors (Lipinski definition) is 4. The molecule has 0 radical (unpaired) electrons. The van der Waals surface area contributed by atoms with Crippen LogP contribution in [0.15, 0.2) is 17.2 Å². The van der Waals surface area contributed by atoms with Gasteiger partial charge in [-0.25, -0.2) is 4.98 Å². The molecule has 2 rings (SSSR count). The highest BCUT2D eigenvalue weighted by molar-refractivity contribution is 5.35. The highest BCUT2D eigenvalue weighted by Gasteiger charge is 2.22. The second-order valence-electron chi connectivity index (χ2n) is 6.30. The standard InChI is InChI=1S/C14H24N4O/c1-14(2,3)17-10-11-4-8-18(9-5-11)12-13(19)16-7-6-15-12/h6-7,11,17H,4-5,8-10H2,1-3H3,(H,16,19). The Kier molecular flexibility index (Phi) is 4.24. The van der Waals surface area contributed by atoms with Gasteiger partial charge in [0.25, 0.3) is 5.56 Å². The van der Waals surface area contributed by atoms with Crippen molar-refractivity contribution in [2.45, 2.75) is 39.2 Å². The summed E-state index contributed by atoms with van der Waals surface area (Å²) < 4.78 is 0. The fraction of sp³-hybridized carbons (Fsp3) is 0.714.